The topological polar surface area (TPSA) is 54.5 Å². The van der Waals surface area contributed by atoms with Crippen LogP contribution >= 0.6 is 11.3 Å². The molecule has 0 radical (unpaired) electrons. The molecule has 1 fully saturated rings. The molecule has 0 saturated carbocycles. The van der Waals surface area contributed by atoms with Crippen molar-refractivity contribution < 1.29 is 13.9 Å². The highest BCUT2D eigenvalue weighted by Crippen LogP contribution is 2.23. The van der Waals surface area contributed by atoms with E-state index in [9.17, 15) is 9.18 Å². The van der Waals surface area contributed by atoms with Crippen LogP contribution < -0.4 is 5.32 Å². The second-order valence-corrected chi connectivity index (χ2v) is 9.12. The molecule has 1 aliphatic rings. The predicted molar refractivity (Wildman–Crippen MR) is 121 cm³/mol. The summed E-state index contributed by atoms with van der Waals surface area (Å²) in [6.45, 7) is 6.84. The molecule has 1 N–H and O–H groups in total. The molecule has 0 bridgehead atoms. The number of carbonyl (C=O) groups is 1. The molecule has 31 heavy (non-hydrogen) atoms. The monoisotopic (exact) mass is 439 g/mol. The number of hydrogen-bond acceptors (Lipinski definition) is 5. The summed E-state index contributed by atoms with van der Waals surface area (Å²) in [6.07, 6.45) is 2.60. The van der Waals surface area contributed by atoms with Crippen molar-refractivity contribution in [3.8, 4) is 0 Å². The van der Waals surface area contributed by atoms with Gasteiger partial charge in [0.25, 0.3) is 5.91 Å². The largest absolute Gasteiger partial charge is 0.373 e. The average Bonchev–Trinajstić information content (AvgIpc) is 3.16. The molecule has 1 aromatic heterocycles. The van der Waals surface area contributed by atoms with Crippen molar-refractivity contribution in [2.75, 3.05) is 18.4 Å². The maximum absolute atomic E-state index is 13.8. The van der Waals surface area contributed by atoms with Gasteiger partial charge in [0.15, 0.2) is 5.13 Å². The standard InChI is InChI=1S/C24H26FN3O2S/c1-16-13-28(14-17(2)30-16)15-18-7-9-19(10-8-18)23(29)27-24-26-12-21(31-24)11-20-5-3-4-6-22(20)25/h3-10,12,16-17H,11,13-15H2,1-2H3,(H,26,27,29)/t16-,17-/m0/s1. The lowest BCUT2D eigenvalue weighted by molar-refractivity contribution is -0.0704. The van der Waals surface area contributed by atoms with Crippen molar-refractivity contribution in [2.24, 2.45) is 0 Å². The molecule has 1 saturated heterocycles. The average molecular weight is 440 g/mol. The zero-order valence-electron chi connectivity index (χ0n) is 17.7. The van der Waals surface area contributed by atoms with Gasteiger partial charge in [0.1, 0.15) is 5.82 Å². The van der Waals surface area contributed by atoms with Crippen LogP contribution in [0.15, 0.2) is 54.7 Å². The Bertz CT molecular complexity index is 1030. The van der Waals surface area contributed by atoms with Crippen LogP contribution in [0.4, 0.5) is 9.52 Å². The normalized spacial score (nSPS) is 19.3. The van der Waals surface area contributed by atoms with E-state index in [2.05, 4.69) is 29.0 Å². The lowest BCUT2D eigenvalue weighted by Gasteiger charge is -2.35. The molecule has 1 aliphatic heterocycles. The van der Waals surface area contributed by atoms with Gasteiger partial charge < -0.3 is 4.74 Å². The van der Waals surface area contributed by atoms with Crippen LogP contribution in [0, 0.1) is 5.82 Å². The molecule has 2 atom stereocenters. The van der Waals surface area contributed by atoms with Gasteiger partial charge in [0.2, 0.25) is 0 Å². The van der Waals surface area contributed by atoms with Crippen LogP contribution in [0.2, 0.25) is 0 Å². The van der Waals surface area contributed by atoms with Crippen molar-refractivity contribution in [2.45, 2.75) is 39.0 Å². The van der Waals surface area contributed by atoms with Gasteiger partial charge in [-0.2, -0.15) is 0 Å². The van der Waals surface area contributed by atoms with E-state index in [1.54, 1.807) is 18.3 Å². The first-order valence-electron chi connectivity index (χ1n) is 10.4. The summed E-state index contributed by atoms with van der Waals surface area (Å²) in [5.41, 5.74) is 2.36. The van der Waals surface area contributed by atoms with E-state index < -0.39 is 0 Å². The van der Waals surface area contributed by atoms with Crippen molar-refractivity contribution >= 4 is 22.4 Å². The van der Waals surface area contributed by atoms with E-state index in [1.165, 1.54) is 23.0 Å². The van der Waals surface area contributed by atoms with E-state index in [-0.39, 0.29) is 23.9 Å². The second-order valence-electron chi connectivity index (χ2n) is 8.00. The molecule has 7 heteroatoms. The first kappa shape index (κ1) is 21.6. The number of nitrogens with one attached hydrogen (secondary N) is 1. The Balaban J connectivity index is 1.34. The SMILES string of the molecule is C[C@H]1CN(Cc2ccc(C(=O)Nc3ncc(Cc4ccccc4F)s3)cc2)C[C@H](C)O1. The molecule has 2 aromatic carbocycles. The Morgan fingerprint density at radius 1 is 1.16 bits per heavy atom. The first-order valence-corrected chi connectivity index (χ1v) is 11.2. The molecule has 4 rings (SSSR count). The van der Waals surface area contributed by atoms with Crippen LogP contribution in [0.3, 0.4) is 0 Å². The van der Waals surface area contributed by atoms with Gasteiger partial charge in [0.05, 0.1) is 12.2 Å². The number of benzene rings is 2. The number of aromatic nitrogens is 1. The molecule has 1 amide bonds. The van der Waals surface area contributed by atoms with Crippen LogP contribution in [-0.4, -0.2) is 41.1 Å². The van der Waals surface area contributed by atoms with Gasteiger partial charge in [-0.1, -0.05) is 30.3 Å². The molecule has 0 aliphatic carbocycles. The third kappa shape index (κ3) is 5.76. The number of morpholine rings is 1. The number of ether oxygens (including phenoxy) is 1. The van der Waals surface area contributed by atoms with Gasteiger partial charge in [-0.05, 0) is 43.2 Å². The molecular formula is C24H26FN3O2S. The van der Waals surface area contributed by atoms with Gasteiger partial charge in [-0.3, -0.25) is 15.0 Å². The van der Waals surface area contributed by atoms with E-state index >= 15 is 0 Å². The molecule has 2 heterocycles. The molecule has 162 valence electrons. The van der Waals surface area contributed by atoms with Crippen molar-refractivity contribution in [1.29, 1.82) is 0 Å². The van der Waals surface area contributed by atoms with Crippen molar-refractivity contribution in [3.05, 3.63) is 82.1 Å². The molecule has 3 aromatic rings. The quantitative estimate of drug-likeness (QED) is 0.603. The molecule has 0 spiro atoms. The van der Waals surface area contributed by atoms with E-state index in [1.807, 2.05) is 30.3 Å². The number of anilines is 1. The fraction of sp³-hybridized carbons (Fsp3) is 0.333. The van der Waals surface area contributed by atoms with E-state index in [0.717, 1.165) is 24.5 Å². The molecule has 0 unspecified atom stereocenters. The highest BCUT2D eigenvalue weighted by molar-refractivity contribution is 7.15. The van der Waals surface area contributed by atoms with Crippen molar-refractivity contribution in [3.63, 3.8) is 0 Å². The van der Waals surface area contributed by atoms with Crippen LogP contribution in [0.25, 0.3) is 0 Å². The molecule has 5 nitrogen and oxygen atoms in total. The summed E-state index contributed by atoms with van der Waals surface area (Å²) in [5, 5.41) is 3.35. The lowest BCUT2D eigenvalue weighted by Crippen LogP contribution is -2.44. The third-order valence-electron chi connectivity index (χ3n) is 5.21. The van der Waals surface area contributed by atoms with Gasteiger partial charge in [0, 0.05) is 42.7 Å². The smallest absolute Gasteiger partial charge is 0.257 e. The Hall–Kier alpha value is -2.61. The number of nitrogens with zero attached hydrogens (tertiary/aromatic N) is 2. The maximum atomic E-state index is 13.8. The van der Waals surface area contributed by atoms with Gasteiger partial charge in [-0.25, -0.2) is 9.37 Å². The van der Waals surface area contributed by atoms with Gasteiger partial charge >= 0.3 is 0 Å². The second kappa shape index (κ2) is 9.68. The summed E-state index contributed by atoms with van der Waals surface area (Å²) < 4.78 is 19.6. The Morgan fingerprint density at radius 2 is 1.87 bits per heavy atom. The van der Waals surface area contributed by atoms with Crippen LogP contribution in [0.5, 0.6) is 0 Å². The predicted octanol–water partition coefficient (Wildman–Crippen LogP) is 4.73. The zero-order chi connectivity index (χ0) is 21.8. The van der Waals surface area contributed by atoms with Crippen molar-refractivity contribution in [1.82, 2.24) is 9.88 Å². The molecular weight excluding hydrogens is 413 g/mol. The Kier molecular flexibility index (Phi) is 6.75. The Morgan fingerprint density at radius 3 is 2.58 bits per heavy atom. The first-order chi connectivity index (χ1) is 15.0. The number of hydrogen-bond donors (Lipinski definition) is 1. The highest BCUT2D eigenvalue weighted by atomic mass is 32.1. The minimum absolute atomic E-state index is 0.202. The van der Waals surface area contributed by atoms with Crippen LogP contribution in [0.1, 0.15) is 40.2 Å². The fourth-order valence-electron chi connectivity index (χ4n) is 3.88. The fourth-order valence-corrected chi connectivity index (χ4v) is 4.71. The zero-order valence-corrected chi connectivity index (χ0v) is 18.5. The minimum atomic E-state index is -0.234. The number of halogens is 1. The lowest BCUT2D eigenvalue weighted by atomic mass is 10.1. The minimum Gasteiger partial charge on any atom is -0.373 e. The summed E-state index contributed by atoms with van der Waals surface area (Å²) in [4.78, 5) is 20.1. The maximum Gasteiger partial charge on any atom is 0.257 e. The van der Waals surface area contributed by atoms with E-state index in [0.29, 0.717) is 22.7 Å². The number of thiazole rings is 1. The summed E-state index contributed by atoms with van der Waals surface area (Å²) in [6, 6.07) is 14.3. The summed E-state index contributed by atoms with van der Waals surface area (Å²) in [7, 11) is 0. The Labute approximate surface area is 185 Å². The number of amides is 1. The summed E-state index contributed by atoms with van der Waals surface area (Å²) >= 11 is 1.36. The van der Waals surface area contributed by atoms with Gasteiger partial charge in [-0.15, -0.1) is 11.3 Å². The highest BCUT2D eigenvalue weighted by Gasteiger charge is 2.22. The third-order valence-corrected chi connectivity index (χ3v) is 6.13. The number of rotatable bonds is 6. The number of carbonyl (C=O) groups excluding carboxylic acids is 1. The van der Waals surface area contributed by atoms with Crippen LogP contribution in [-0.2, 0) is 17.7 Å². The van der Waals surface area contributed by atoms with E-state index in [4.69, 9.17) is 4.74 Å². The summed E-state index contributed by atoms with van der Waals surface area (Å²) in [5.74, 6) is -0.436.